The van der Waals surface area contributed by atoms with Crippen molar-refractivity contribution in [3.8, 4) is 50.9 Å². The fraction of sp³-hybridized carbons (Fsp3) is 0. The zero-order valence-corrected chi connectivity index (χ0v) is 24.2. The number of para-hydroxylation sites is 2. The van der Waals surface area contributed by atoms with Gasteiger partial charge in [-0.05, 0) is 80.2 Å². The number of hydrogen-bond acceptors (Lipinski definition) is 3. The maximum Gasteiger partial charge on any atom is 0.144 e. The molecule has 0 amide bonds. The van der Waals surface area contributed by atoms with Crippen LogP contribution in [0.25, 0.3) is 88.3 Å². The van der Waals surface area contributed by atoms with E-state index >= 15 is 0 Å². The van der Waals surface area contributed by atoms with Crippen molar-refractivity contribution in [1.29, 1.82) is 5.26 Å². The second kappa shape index (κ2) is 9.91. The molecule has 45 heavy (non-hydrogen) atoms. The molecule has 0 spiro atoms. The normalized spacial score (nSPS) is 11.5. The number of benzene rings is 7. The van der Waals surface area contributed by atoms with Gasteiger partial charge in [-0.25, -0.2) is 4.98 Å². The van der Waals surface area contributed by atoms with Crippen molar-refractivity contribution in [2.45, 2.75) is 0 Å². The first-order valence-corrected chi connectivity index (χ1v) is 15.0. The molecule has 0 aromatic heterocycles. The van der Waals surface area contributed by atoms with Gasteiger partial charge in [0.05, 0.1) is 28.4 Å². The van der Waals surface area contributed by atoms with Crippen LogP contribution in [0.3, 0.4) is 0 Å². The van der Waals surface area contributed by atoms with Gasteiger partial charge in [-0.15, -0.1) is 0 Å². The minimum atomic E-state index is 0.654. The summed E-state index contributed by atoms with van der Waals surface area (Å²) in [5, 5.41) is 16.2. The van der Waals surface area contributed by atoms with E-state index in [0.29, 0.717) is 5.56 Å². The van der Waals surface area contributed by atoms with Crippen LogP contribution < -0.4 is 0 Å². The highest BCUT2D eigenvalue weighted by Gasteiger charge is 2.24. The highest BCUT2D eigenvalue weighted by Crippen LogP contribution is 2.47. The molecular formula is C42H24N2O. The van der Waals surface area contributed by atoms with Crippen molar-refractivity contribution in [1.82, 2.24) is 4.98 Å². The van der Waals surface area contributed by atoms with Crippen LogP contribution in [0.15, 0.2) is 150 Å². The van der Waals surface area contributed by atoms with E-state index in [0.717, 1.165) is 55.6 Å². The average molecular weight is 573 g/mol. The highest BCUT2D eigenvalue weighted by molar-refractivity contribution is 6.21. The number of aromatic nitrogens is 1. The van der Waals surface area contributed by atoms with Gasteiger partial charge in [-0.1, -0.05) is 109 Å². The fourth-order valence-corrected chi connectivity index (χ4v) is 6.90. The Morgan fingerprint density at radius 2 is 1.02 bits per heavy atom. The first-order valence-electron chi connectivity index (χ1n) is 15.0. The van der Waals surface area contributed by atoms with Crippen LogP contribution in [0.5, 0.6) is 0 Å². The minimum Gasteiger partial charge on any atom is -0.455 e. The average Bonchev–Trinajstić information content (AvgIpc) is 3.50. The third-order valence-electron chi connectivity index (χ3n) is 8.87. The Bertz CT molecular complexity index is 2550. The van der Waals surface area contributed by atoms with Crippen molar-refractivity contribution >= 4 is 43.4 Å². The summed E-state index contributed by atoms with van der Waals surface area (Å²) in [6.07, 6.45) is 0. The summed E-state index contributed by atoms with van der Waals surface area (Å²) in [5.41, 5.74) is 10.00. The van der Waals surface area contributed by atoms with Gasteiger partial charge < -0.3 is 4.42 Å². The monoisotopic (exact) mass is 572 g/mol. The Balaban J connectivity index is 1.33. The molecule has 2 aliphatic heterocycles. The third kappa shape index (κ3) is 3.87. The molecule has 0 aliphatic carbocycles. The molecule has 0 radical (unpaired) electrons. The molecule has 2 aliphatic rings. The zero-order valence-electron chi connectivity index (χ0n) is 24.2. The summed E-state index contributed by atoms with van der Waals surface area (Å²) in [6, 6.07) is 52.5. The van der Waals surface area contributed by atoms with Crippen molar-refractivity contribution < 1.29 is 4.42 Å². The topological polar surface area (TPSA) is 49.8 Å². The Labute approximate surface area is 259 Å². The summed E-state index contributed by atoms with van der Waals surface area (Å²) in [6.45, 7) is 0. The van der Waals surface area contributed by atoms with Crippen LogP contribution in [0.1, 0.15) is 5.56 Å². The molecule has 2 heterocycles. The second-order valence-electron chi connectivity index (χ2n) is 11.4. The van der Waals surface area contributed by atoms with Crippen LogP contribution in [-0.2, 0) is 0 Å². The molecular weight excluding hydrogens is 548 g/mol. The lowest BCUT2D eigenvalue weighted by molar-refractivity contribution is 0.622. The summed E-state index contributed by atoms with van der Waals surface area (Å²) in [7, 11) is 0. The van der Waals surface area contributed by atoms with Crippen LogP contribution in [0.4, 0.5) is 0 Å². The number of nitrogens with zero attached hydrogens (tertiary/aromatic N) is 2. The molecule has 0 atom stereocenters. The lowest BCUT2D eigenvalue weighted by atomic mass is 9.85. The molecule has 7 aromatic carbocycles. The first kappa shape index (κ1) is 25.3. The summed E-state index contributed by atoms with van der Waals surface area (Å²) in [4.78, 5) is 5.06. The lowest BCUT2D eigenvalue weighted by Crippen LogP contribution is -1.92. The molecule has 0 saturated heterocycles. The summed E-state index contributed by atoms with van der Waals surface area (Å²) >= 11 is 0. The Kier molecular flexibility index (Phi) is 5.57. The van der Waals surface area contributed by atoms with Crippen LogP contribution in [-0.4, -0.2) is 4.98 Å². The molecule has 9 rings (SSSR count). The van der Waals surface area contributed by atoms with Gasteiger partial charge in [0, 0.05) is 16.3 Å². The Morgan fingerprint density at radius 3 is 1.69 bits per heavy atom. The molecule has 0 bridgehead atoms. The predicted molar refractivity (Wildman–Crippen MR) is 184 cm³/mol. The summed E-state index contributed by atoms with van der Waals surface area (Å²) < 4.78 is 6.73. The lowest BCUT2D eigenvalue weighted by Gasteiger charge is -2.18. The van der Waals surface area contributed by atoms with Crippen LogP contribution in [0, 0.1) is 11.3 Å². The fourth-order valence-electron chi connectivity index (χ4n) is 6.90. The molecule has 7 aromatic rings. The van der Waals surface area contributed by atoms with Gasteiger partial charge in [0.1, 0.15) is 11.3 Å². The maximum atomic E-state index is 9.40. The van der Waals surface area contributed by atoms with Crippen molar-refractivity contribution in [2.24, 2.45) is 0 Å². The van der Waals surface area contributed by atoms with Crippen LogP contribution >= 0.6 is 0 Å². The molecule has 0 unspecified atom stereocenters. The molecule has 0 saturated carbocycles. The van der Waals surface area contributed by atoms with E-state index in [1.807, 2.05) is 36.4 Å². The smallest absolute Gasteiger partial charge is 0.144 e. The largest absolute Gasteiger partial charge is 0.455 e. The molecule has 3 nitrogen and oxygen atoms in total. The second-order valence-corrected chi connectivity index (χ2v) is 11.4. The maximum absolute atomic E-state index is 9.40. The van der Waals surface area contributed by atoms with E-state index in [9.17, 15) is 5.26 Å². The van der Waals surface area contributed by atoms with Gasteiger partial charge in [0.15, 0.2) is 0 Å². The summed E-state index contributed by atoms with van der Waals surface area (Å²) in [5.74, 6) is 0.821. The number of hydrogen-bond donors (Lipinski definition) is 0. The van der Waals surface area contributed by atoms with Crippen molar-refractivity contribution in [3.05, 3.63) is 151 Å². The Morgan fingerprint density at radius 1 is 0.467 bits per heavy atom. The first-order chi connectivity index (χ1) is 22.3. The third-order valence-corrected chi connectivity index (χ3v) is 8.87. The van der Waals surface area contributed by atoms with Gasteiger partial charge in [-0.3, -0.25) is 0 Å². The van der Waals surface area contributed by atoms with Gasteiger partial charge in [0.2, 0.25) is 0 Å². The predicted octanol–water partition coefficient (Wildman–Crippen LogP) is 11.3. The van der Waals surface area contributed by atoms with Gasteiger partial charge >= 0.3 is 0 Å². The van der Waals surface area contributed by atoms with E-state index in [2.05, 4.69) is 115 Å². The number of rotatable bonds is 3. The quantitative estimate of drug-likeness (QED) is 0.198. The van der Waals surface area contributed by atoms with E-state index in [1.54, 1.807) is 0 Å². The number of fused-ring (bicyclic) bond motifs is 7. The highest BCUT2D eigenvalue weighted by atomic mass is 16.3. The van der Waals surface area contributed by atoms with E-state index in [1.165, 1.54) is 32.7 Å². The van der Waals surface area contributed by atoms with E-state index < -0.39 is 0 Å². The molecule has 208 valence electrons. The van der Waals surface area contributed by atoms with Crippen molar-refractivity contribution in [3.63, 3.8) is 0 Å². The molecule has 0 fully saturated rings. The van der Waals surface area contributed by atoms with Crippen LogP contribution in [0.2, 0.25) is 0 Å². The van der Waals surface area contributed by atoms with Gasteiger partial charge in [0.25, 0.3) is 0 Å². The SMILES string of the molecule is N#Cc1ccc(-c2c3ccccc3c(-c3cccc(-c4oc5ccccc5c5nc6ccccc6c4-5)c3)c3ccccc23)cc1. The van der Waals surface area contributed by atoms with Gasteiger partial charge in [-0.2, -0.15) is 5.26 Å². The number of nitriles is 1. The Hall–Kier alpha value is -6.24. The molecule has 3 heteroatoms. The minimum absolute atomic E-state index is 0.654. The van der Waals surface area contributed by atoms with E-state index in [4.69, 9.17) is 9.40 Å². The van der Waals surface area contributed by atoms with Crippen molar-refractivity contribution in [2.75, 3.05) is 0 Å². The van der Waals surface area contributed by atoms with E-state index in [-0.39, 0.29) is 0 Å². The molecule has 0 N–H and O–H groups in total. The zero-order chi connectivity index (χ0) is 29.9. The standard InChI is InChI=1S/C42H24N2O/c43-25-26-20-22-27(23-21-26)38-30-12-1-3-14-32(30)39(33-15-4-2-13-31(33)38)28-10-9-11-29(24-28)42-40-34-16-5-7-18-36(34)44-41(40)35-17-6-8-19-37(35)45-42/h1-24H.